The van der Waals surface area contributed by atoms with E-state index in [1.807, 2.05) is 6.07 Å². The molecule has 1 aromatic rings. The van der Waals surface area contributed by atoms with E-state index in [1.165, 1.54) is 50.9 Å². The van der Waals surface area contributed by atoms with Gasteiger partial charge in [-0.05, 0) is 56.5 Å². The zero-order chi connectivity index (χ0) is 11.0. The van der Waals surface area contributed by atoms with E-state index in [9.17, 15) is 0 Å². The first-order valence-electron chi connectivity index (χ1n) is 6.37. The molecule has 0 unspecified atom stereocenters. The molecular formula is C14H20N2. The van der Waals surface area contributed by atoms with E-state index in [0.29, 0.717) is 5.41 Å². The van der Waals surface area contributed by atoms with Crippen LogP contribution in [0.3, 0.4) is 0 Å². The summed E-state index contributed by atoms with van der Waals surface area (Å²) in [7, 11) is 0. The Balaban J connectivity index is 1.77. The fourth-order valence-corrected chi connectivity index (χ4v) is 2.93. The van der Waals surface area contributed by atoms with Gasteiger partial charge in [-0.25, -0.2) is 0 Å². The molecule has 1 aromatic carbocycles. The molecule has 3 rings (SSSR count). The number of rotatable bonds is 3. The minimum Gasteiger partial charge on any atom is -0.399 e. The Hall–Kier alpha value is -1.02. The average molecular weight is 216 g/mol. The van der Waals surface area contributed by atoms with Crippen LogP contribution in [0.15, 0.2) is 24.3 Å². The molecular weight excluding hydrogens is 196 g/mol. The first-order valence-corrected chi connectivity index (χ1v) is 6.37. The highest BCUT2D eigenvalue weighted by Crippen LogP contribution is 2.49. The fourth-order valence-electron chi connectivity index (χ4n) is 2.93. The van der Waals surface area contributed by atoms with Crippen molar-refractivity contribution in [1.82, 2.24) is 4.90 Å². The van der Waals surface area contributed by atoms with Crippen LogP contribution in [0, 0.1) is 0 Å². The third-order valence-electron chi connectivity index (χ3n) is 4.08. The van der Waals surface area contributed by atoms with Crippen LogP contribution in [-0.4, -0.2) is 24.5 Å². The maximum Gasteiger partial charge on any atom is 0.0316 e. The van der Waals surface area contributed by atoms with Crippen molar-refractivity contribution >= 4 is 5.69 Å². The zero-order valence-electron chi connectivity index (χ0n) is 9.78. The van der Waals surface area contributed by atoms with Gasteiger partial charge in [-0.2, -0.15) is 0 Å². The number of nitrogens with two attached hydrogens (primary N) is 1. The number of hydrogen-bond donors (Lipinski definition) is 1. The monoisotopic (exact) mass is 216 g/mol. The highest BCUT2D eigenvalue weighted by atomic mass is 15.1. The molecule has 1 aliphatic heterocycles. The molecule has 1 saturated heterocycles. The molecule has 86 valence electrons. The molecule has 0 radical (unpaired) electrons. The van der Waals surface area contributed by atoms with E-state index in [-0.39, 0.29) is 0 Å². The molecule has 2 N–H and O–H groups in total. The predicted octanol–water partition coefficient (Wildman–Crippen LogP) is 2.40. The van der Waals surface area contributed by atoms with Crippen LogP contribution in [0.4, 0.5) is 5.69 Å². The number of benzene rings is 1. The van der Waals surface area contributed by atoms with Crippen LogP contribution in [0.25, 0.3) is 0 Å². The number of nitrogen functional groups attached to an aromatic ring is 1. The topological polar surface area (TPSA) is 29.3 Å². The summed E-state index contributed by atoms with van der Waals surface area (Å²) in [4.78, 5) is 2.62. The lowest BCUT2D eigenvalue weighted by Gasteiger charge is -2.23. The van der Waals surface area contributed by atoms with Gasteiger partial charge in [0.15, 0.2) is 0 Å². The summed E-state index contributed by atoms with van der Waals surface area (Å²) in [5.74, 6) is 0. The Morgan fingerprint density at radius 1 is 1.19 bits per heavy atom. The number of hydrogen-bond acceptors (Lipinski definition) is 2. The lowest BCUT2D eigenvalue weighted by Crippen LogP contribution is -2.30. The summed E-state index contributed by atoms with van der Waals surface area (Å²) in [6, 6.07) is 8.49. The quantitative estimate of drug-likeness (QED) is 0.786. The lowest BCUT2D eigenvalue weighted by atomic mass is 9.95. The molecule has 0 spiro atoms. The van der Waals surface area contributed by atoms with E-state index >= 15 is 0 Å². The minimum absolute atomic E-state index is 0.444. The molecule has 0 amide bonds. The molecule has 0 aromatic heterocycles. The molecule has 0 bridgehead atoms. The molecule has 1 aliphatic carbocycles. The Kier molecular flexibility index (Phi) is 2.40. The van der Waals surface area contributed by atoms with Gasteiger partial charge >= 0.3 is 0 Å². The van der Waals surface area contributed by atoms with Gasteiger partial charge < -0.3 is 10.6 Å². The Morgan fingerprint density at radius 2 is 1.94 bits per heavy atom. The molecule has 2 fully saturated rings. The maximum atomic E-state index is 5.88. The van der Waals surface area contributed by atoms with Crippen LogP contribution in [0.2, 0.25) is 0 Å². The summed E-state index contributed by atoms with van der Waals surface area (Å²) < 4.78 is 0. The highest BCUT2D eigenvalue weighted by molar-refractivity contribution is 5.45. The van der Waals surface area contributed by atoms with Crippen molar-refractivity contribution in [3.05, 3.63) is 29.8 Å². The first kappa shape index (κ1) is 10.2. The van der Waals surface area contributed by atoms with Gasteiger partial charge in [0, 0.05) is 17.6 Å². The third-order valence-corrected chi connectivity index (χ3v) is 4.08. The van der Waals surface area contributed by atoms with Crippen molar-refractivity contribution in [1.29, 1.82) is 0 Å². The van der Waals surface area contributed by atoms with E-state index in [2.05, 4.69) is 23.1 Å². The second-order valence-electron chi connectivity index (χ2n) is 5.39. The lowest BCUT2D eigenvalue weighted by molar-refractivity contribution is 0.305. The SMILES string of the molecule is Nc1cccc(C2(CN3CCCC3)CC2)c1. The molecule has 16 heavy (non-hydrogen) atoms. The van der Waals surface area contributed by atoms with Gasteiger partial charge in [-0.3, -0.25) is 0 Å². The summed E-state index contributed by atoms with van der Waals surface area (Å²) in [5, 5.41) is 0. The average Bonchev–Trinajstić information content (AvgIpc) is 2.87. The van der Waals surface area contributed by atoms with Crippen LogP contribution in [0.1, 0.15) is 31.2 Å². The predicted molar refractivity (Wildman–Crippen MR) is 67.4 cm³/mol. The van der Waals surface area contributed by atoms with Gasteiger partial charge in [0.1, 0.15) is 0 Å². The van der Waals surface area contributed by atoms with E-state index < -0.39 is 0 Å². The van der Waals surface area contributed by atoms with Gasteiger partial charge in [-0.15, -0.1) is 0 Å². The zero-order valence-corrected chi connectivity index (χ0v) is 9.78. The van der Waals surface area contributed by atoms with Crippen molar-refractivity contribution in [3.63, 3.8) is 0 Å². The molecule has 2 aliphatic rings. The Labute approximate surface area is 97.4 Å². The number of nitrogens with zero attached hydrogens (tertiary/aromatic N) is 1. The highest BCUT2D eigenvalue weighted by Gasteiger charge is 2.45. The Morgan fingerprint density at radius 3 is 2.56 bits per heavy atom. The van der Waals surface area contributed by atoms with Crippen LogP contribution in [-0.2, 0) is 5.41 Å². The summed E-state index contributed by atoms with van der Waals surface area (Å²) in [6.45, 7) is 3.84. The molecule has 2 nitrogen and oxygen atoms in total. The summed E-state index contributed by atoms with van der Waals surface area (Å²) >= 11 is 0. The molecule has 0 atom stereocenters. The van der Waals surface area contributed by atoms with Gasteiger partial charge in [0.05, 0.1) is 0 Å². The van der Waals surface area contributed by atoms with Gasteiger partial charge in [0.25, 0.3) is 0 Å². The van der Waals surface area contributed by atoms with Crippen molar-refractivity contribution in [2.45, 2.75) is 31.1 Å². The summed E-state index contributed by atoms with van der Waals surface area (Å²) in [5.41, 5.74) is 8.69. The molecule has 2 heteroatoms. The van der Waals surface area contributed by atoms with Crippen molar-refractivity contribution < 1.29 is 0 Å². The van der Waals surface area contributed by atoms with Crippen molar-refractivity contribution in [2.24, 2.45) is 0 Å². The van der Waals surface area contributed by atoms with Crippen LogP contribution < -0.4 is 5.73 Å². The molecule has 1 saturated carbocycles. The van der Waals surface area contributed by atoms with Crippen molar-refractivity contribution in [3.8, 4) is 0 Å². The summed E-state index contributed by atoms with van der Waals surface area (Å²) in [6.07, 6.45) is 5.44. The smallest absolute Gasteiger partial charge is 0.0316 e. The maximum absolute atomic E-state index is 5.88. The second-order valence-corrected chi connectivity index (χ2v) is 5.39. The third kappa shape index (κ3) is 1.82. The van der Waals surface area contributed by atoms with Gasteiger partial charge in [-0.1, -0.05) is 12.1 Å². The minimum atomic E-state index is 0.444. The van der Waals surface area contributed by atoms with E-state index in [4.69, 9.17) is 5.73 Å². The standard InChI is InChI=1S/C14H20N2/c15-13-5-3-4-12(10-13)14(6-7-14)11-16-8-1-2-9-16/h3-5,10H,1-2,6-9,11,15H2. The largest absolute Gasteiger partial charge is 0.399 e. The normalized spacial score (nSPS) is 23.5. The first-order chi connectivity index (χ1) is 7.78. The number of anilines is 1. The van der Waals surface area contributed by atoms with E-state index in [1.54, 1.807) is 0 Å². The molecule has 1 heterocycles. The fraction of sp³-hybridized carbons (Fsp3) is 0.571. The van der Waals surface area contributed by atoms with Gasteiger partial charge in [0.2, 0.25) is 0 Å². The Bertz CT molecular complexity index is 376. The second kappa shape index (κ2) is 3.77. The number of likely N-dealkylation sites (tertiary alicyclic amines) is 1. The van der Waals surface area contributed by atoms with Crippen molar-refractivity contribution in [2.75, 3.05) is 25.4 Å². The van der Waals surface area contributed by atoms with Crippen LogP contribution >= 0.6 is 0 Å². The van der Waals surface area contributed by atoms with E-state index in [0.717, 1.165) is 5.69 Å². The van der Waals surface area contributed by atoms with Crippen LogP contribution in [0.5, 0.6) is 0 Å².